The van der Waals surface area contributed by atoms with Crippen LogP contribution >= 0.6 is 0 Å². The molecule has 128 valence electrons. The van der Waals surface area contributed by atoms with Crippen LogP contribution < -0.4 is 10.6 Å². The number of nitriles is 1. The molecule has 1 heterocycles. The molecular formula is C18H19N5O2. The van der Waals surface area contributed by atoms with Crippen molar-refractivity contribution in [2.24, 2.45) is 5.92 Å². The van der Waals surface area contributed by atoms with Gasteiger partial charge in [0, 0.05) is 30.5 Å². The summed E-state index contributed by atoms with van der Waals surface area (Å²) >= 11 is 0. The largest absolute Gasteiger partial charge is 0.393 e. The molecule has 0 radical (unpaired) electrons. The van der Waals surface area contributed by atoms with Crippen LogP contribution in [0.15, 0.2) is 36.7 Å². The maximum Gasteiger partial charge on any atom is 0.278 e. The number of amides is 1. The summed E-state index contributed by atoms with van der Waals surface area (Å²) in [5.74, 6) is 0.177. The first kappa shape index (κ1) is 16.9. The predicted molar refractivity (Wildman–Crippen MR) is 93.0 cm³/mol. The average Bonchev–Trinajstić information content (AvgIpc) is 3.05. The van der Waals surface area contributed by atoms with Gasteiger partial charge in [-0.05, 0) is 37.1 Å². The van der Waals surface area contributed by atoms with Crippen molar-refractivity contribution in [2.75, 3.05) is 17.2 Å². The highest BCUT2D eigenvalue weighted by atomic mass is 16.3. The second kappa shape index (κ2) is 7.73. The lowest BCUT2D eigenvalue weighted by molar-refractivity contribution is 0.102. The summed E-state index contributed by atoms with van der Waals surface area (Å²) in [6.07, 6.45) is 5.47. The van der Waals surface area contributed by atoms with Crippen LogP contribution in [0.5, 0.6) is 0 Å². The second-order valence-corrected chi connectivity index (χ2v) is 6.04. The van der Waals surface area contributed by atoms with Crippen molar-refractivity contribution < 1.29 is 9.90 Å². The number of nitrogens with one attached hydrogen (secondary N) is 2. The van der Waals surface area contributed by atoms with Gasteiger partial charge in [0.1, 0.15) is 0 Å². The van der Waals surface area contributed by atoms with E-state index in [0.717, 1.165) is 19.3 Å². The number of hydrogen-bond acceptors (Lipinski definition) is 6. The Balaban J connectivity index is 1.68. The van der Waals surface area contributed by atoms with Crippen LogP contribution in [0.3, 0.4) is 0 Å². The molecule has 2 atom stereocenters. The van der Waals surface area contributed by atoms with Gasteiger partial charge < -0.3 is 15.7 Å². The lowest BCUT2D eigenvalue weighted by Crippen LogP contribution is -2.24. The minimum absolute atomic E-state index is 0.163. The third-order valence-electron chi connectivity index (χ3n) is 4.34. The van der Waals surface area contributed by atoms with Gasteiger partial charge in [-0.15, -0.1) is 0 Å². The van der Waals surface area contributed by atoms with Gasteiger partial charge in [0.25, 0.3) is 5.91 Å². The van der Waals surface area contributed by atoms with E-state index in [1.54, 1.807) is 24.3 Å². The molecule has 1 amide bonds. The first-order valence-corrected chi connectivity index (χ1v) is 8.22. The summed E-state index contributed by atoms with van der Waals surface area (Å²) in [7, 11) is 0. The molecule has 1 fully saturated rings. The number of benzene rings is 1. The molecule has 3 rings (SSSR count). The maximum atomic E-state index is 12.5. The number of anilines is 2. The Labute approximate surface area is 145 Å². The molecule has 3 N–H and O–H groups in total. The Kier molecular flexibility index (Phi) is 5.21. The quantitative estimate of drug-likeness (QED) is 0.771. The molecule has 7 nitrogen and oxygen atoms in total. The van der Waals surface area contributed by atoms with E-state index in [1.165, 1.54) is 12.4 Å². The number of aliphatic hydroxyl groups is 1. The highest BCUT2D eigenvalue weighted by molar-refractivity contribution is 6.05. The van der Waals surface area contributed by atoms with E-state index in [0.29, 0.717) is 23.6 Å². The lowest BCUT2D eigenvalue weighted by atomic mass is 10.1. The van der Waals surface area contributed by atoms with Crippen LogP contribution in [0.2, 0.25) is 0 Å². The van der Waals surface area contributed by atoms with Crippen LogP contribution in [0.1, 0.15) is 35.3 Å². The molecule has 7 heteroatoms. The van der Waals surface area contributed by atoms with Gasteiger partial charge >= 0.3 is 0 Å². The summed E-state index contributed by atoms with van der Waals surface area (Å²) < 4.78 is 0. The summed E-state index contributed by atoms with van der Waals surface area (Å²) in [6.45, 7) is 0.553. The minimum atomic E-state index is -0.382. The van der Waals surface area contributed by atoms with Gasteiger partial charge in [0.05, 0.1) is 17.7 Å². The van der Waals surface area contributed by atoms with E-state index in [1.807, 2.05) is 6.07 Å². The van der Waals surface area contributed by atoms with E-state index >= 15 is 0 Å². The van der Waals surface area contributed by atoms with Gasteiger partial charge in [-0.1, -0.05) is 6.42 Å². The van der Waals surface area contributed by atoms with Crippen LogP contribution in [0, 0.1) is 17.2 Å². The number of aromatic nitrogens is 2. The standard InChI is InChI=1S/C18H19N5O2/c19-10-12-4-6-14(7-5-12)23-18(25)16-17(21-9-8-20-16)22-11-13-2-1-3-15(13)24/h4-9,13,15,24H,1-3,11H2,(H,21,22)(H,23,25)/t13-,15+/m0/s1. The third-order valence-corrected chi connectivity index (χ3v) is 4.34. The molecule has 1 aliphatic carbocycles. The topological polar surface area (TPSA) is 111 Å². The normalized spacial score (nSPS) is 19.2. The van der Waals surface area contributed by atoms with Gasteiger partial charge in [-0.3, -0.25) is 4.79 Å². The zero-order valence-corrected chi connectivity index (χ0v) is 13.6. The molecule has 0 aliphatic heterocycles. The van der Waals surface area contributed by atoms with Crippen molar-refractivity contribution in [2.45, 2.75) is 25.4 Å². The number of hydrogen-bond donors (Lipinski definition) is 3. The Bertz CT molecular complexity index is 785. The number of aliphatic hydroxyl groups excluding tert-OH is 1. The molecular weight excluding hydrogens is 318 g/mol. The smallest absolute Gasteiger partial charge is 0.278 e. The van der Waals surface area contributed by atoms with Crippen LogP contribution in [0.25, 0.3) is 0 Å². The van der Waals surface area contributed by atoms with Gasteiger partial charge in [-0.25, -0.2) is 9.97 Å². The van der Waals surface area contributed by atoms with Gasteiger partial charge in [0.2, 0.25) is 0 Å². The highest BCUT2D eigenvalue weighted by Gasteiger charge is 2.25. The monoisotopic (exact) mass is 337 g/mol. The molecule has 0 spiro atoms. The molecule has 0 unspecified atom stereocenters. The lowest BCUT2D eigenvalue weighted by Gasteiger charge is -2.16. The molecule has 1 aromatic carbocycles. The first-order valence-electron chi connectivity index (χ1n) is 8.22. The fourth-order valence-electron chi connectivity index (χ4n) is 2.94. The van der Waals surface area contributed by atoms with Gasteiger partial charge in [-0.2, -0.15) is 5.26 Å². The molecule has 1 aromatic heterocycles. The number of carbonyl (C=O) groups is 1. The predicted octanol–water partition coefficient (Wildman–Crippen LogP) is 2.17. The number of carbonyl (C=O) groups excluding carboxylic acids is 1. The van der Waals surface area contributed by atoms with Crippen LogP contribution in [0.4, 0.5) is 11.5 Å². The van der Waals surface area contributed by atoms with Crippen molar-refractivity contribution in [3.8, 4) is 6.07 Å². The van der Waals surface area contributed by atoms with Crippen LogP contribution in [-0.2, 0) is 0 Å². The number of nitrogens with zero attached hydrogens (tertiary/aromatic N) is 3. The zero-order valence-electron chi connectivity index (χ0n) is 13.6. The molecule has 0 saturated heterocycles. The third kappa shape index (κ3) is 4.11. The van der Waals surface area contributed by atoms with E-state index in [9.17, 15) is 9.90 Å². The fourth-order valence-corrected chi connectivity index (χ4v) is 2.94. The maximum absolute atomic E-state index is 12.5. The molecule has 2 aromatic rings. The van der Waals surface area contributed by atoms with E-state index in [2.05, 4.69) is 20.6 Å². The molecule has 25 heavy (non-hydrogen) atoms. The van der Waals surface area contributed by atoms with E-state index < -0.39 is 0 Å². The number of rotatable bonds is 5. The summed E-state index contributed by atoms with van der Waals surface area (Å²) in [4.78, 5) is 20.8. The van der Waals surface area contributed by atoms with Crippen molar-refractivity contribution in [3.05, 3.63) is 47.9 Å². The Hall–Kier alpha value is -2.98. The minimum Gasteiger partial charge on any atom is -0.393 e. The zero-order chi connectivity index (χ0) is 17.6. The summed E-state index contributed by atoms with van der Waals surface area (Å²) in [5, 5.41) is 24.6. The van der Waals surface area contributed by atoms with E-state index in [-0.39, 0.29) is 23.6 Å². The highest BCUT2D eigenvalue weighted by Crippen LogP contribution is 2.26. The van der Waals surface area contributed by atoms with Gasteiger partial charge in [0.15, 0.2) is 11.5 Å². The van der Waals surface area contributed by atoms with Crippen molar-refractivity contribution in [1.29, 1.82) is 5.26 Å². The van der Waals surface area contributed by atoms with Crippen LogP contribution in [-0.4, -0.2) is 33.6 Å². The Morgan fingerprint density at radius 3 is 2.68 bits per heavy atom. The molecule has 0 bridgehead atoms. The SMILES string of the molecule is N#Cc1ccc(NC(=O)c2nccnc2NC[C@@H]2CCC[C@H]2O)cc1. The average molecular weight is 337 g/mol. The molecule has 1 saturated carbocycles. The fraction of sp³-hybridized carbons (Fsp3) is 0.333. The Morgan fingerprint density at radius 2 is 2.00 bits per heavy atom. The molecule has 1 aliphatic rings. The first-order chi connectivity index (χ1) is 12.2. The van der Waals surface area contributed by atoms with Crippen molar-refractivity contribution >= 4 is 17.4 Å². The van der Waals surface area contributed by atoms with Crippen molar-refractivity contribution in [3.63, 3.8) is 0 Å². The van der Waals surface area contributed by atoms with E-state index in [4.69, 9.17) is 5.26 Å². The van der Waals surface area contributed by atoms with Crippen molar-refractivity contribution in [1.82, 2.24) is 9.97 Å². The summed E-state index contributed by atoms with van der Waals surface area (Å²) in [5.41, 5.74) is 1.29. The summed E-state index contributed by atoms with van der Waals surface area (Å²) in [6, 6.07) is 8.62. The second-order valence-electron chi connectivity index (χ2n) is 6.04. The Morgan fingerprint density at radius 1 is 1.24 bits per heavy atom.